The Bertz CT molecular complexity index is 820. The van der Waals surface area contributed by atoms with Crippen molar-refractivity contribution in [1.29, 1.82) is 0 Å². The first-order valence-electron chi connectivity index (χ1n) is 6.57. The van der Waals surface area contributed by atoms with E-state index in [9.17, 15) is 4.79 Å². The molecule has 2 aromatic heterocycles. The molecule has 0 spiro atoms. The van der Waals surface area contributed by atoms with Crippen LogP contribution in [0.25, 0.3) is 17.0 Å². The number of nitrogens with zero attached hydrogens (tertiary/aromatic N) is 2. The molecule has 0 saturated heterocycles. The summed E-state index contributed by atoms with van der Waals surface area (Å²) < 4.78 is 0. The number of hydrogen-bond acceptors (Lipinski definition) is 3. The van der Waals surface area contributed by atoms with Gasteiger partial charge in [0.1, 0.15) is 0 Å². The molecule has 0 saturated carbocycles. The van der Waals surface area contributed by atoms with Crippen LogP contribution in [0.5, 0.6) is 0 Å². The molecular weight excluding hydrogens is 264 g/mol. The number of aryl methyl sites for hydroxylation is 1. The summed E-state index contributed by atoms with van der Waals surface area (Å²) in [5, 5.41) is 10.5. The minimum absolute atomic E-state index is 0.239. The fraction of sp³-hybridized carbons (Fsp3) is 0.0625. The quantitative estimate of drug-likeness (QED) is 0.724. The van der Waals surface area contributed by atoms with Gasteiger partial charge >= 0.3 is 0 Å². The van der Waals surface area contributed by atoms with E-state index in [4.69, 9.17) is 0 Å². The number of nitrogens with one attached hydrogen (secondary N) is 2. The number of carbonyl (C=O) groups excluding carboxylic acids is 1. The Morgan fingerprint density at radius 3 is 2.90 bits per heavy atom. The number of para-hydroxylation sites is 1. The van der Waals surface area contributed by atoms with Gasteiger partial charge in [-0.15, -0.1) is 0 Å². The van der Waals surface area contributed by atoms with E-state index in [0.717, 1.165) is 22.3 Å². The maximum Gasteiger partial charge on any atom is 0.249 e. The maximum absolute atomic E-state index is 11.8. The summed E-state index contributed by atoms with van der Waals surface area (Å²) in [5.41, 5.74) is 2.54. The lowest BCUT2D eigenvalue weighted by Crippen LogP contribution is -2.07. The molecule has 0 unspecified atom stereocenters. The van der Waals surface area contributed by atoms with E-state index in [1.54, 1.807) is 12.1 Å². The molecule has 0 atom stereocenters. The number of H-pyrrole nitrogens is 1. The first-order valence-corrected chi connectivity index (χ1v) is 6.57. The highest BCUT2D eigenvalue weighted by molar-refractivity contribution is 6.01. The van der Waals surface area contributed by atoms with Gasteiger partial charge in [0.15, 0.2) is 5.82 Å². The van der Waals surface area contributed by atoms with Crippen molar-refractivity contribution in [2.75, 3.05) is 5.32 Å². The predicted octanol–water partition coefficient (Wildman–Crippen LogP) is 2.92. The third kappa shape index (κ3) is 3.14. The molecule has 0 aliphatic heterocycles. The van der Waals surface area contributed by atoms with Crippen molar-refractivity contribution in [3.05, 3.63) is 59.9 Å². The molecule has 1 amide bonds. The number of fused-ring (bicyclic) bond motifs is 1. The van der Waals surface area contributed by atoms with E-state index >= 15 is 0 Å². The molecule has 3 aromatic rings. The van der Waals surface area contributed by atoms with Gasteiger partial charge in [0, 0.05) is 23.2 Å². The van der Waals surface area contributed by atoms with Gasteiger partial charge in [-0.3, -0.25) is 9.89 Å². The third-order valence-electron chi connectivity index (χ3n) is 2.98. The number of benzene rings is 1. The Hall–Kier alpha value is -2.95. The monoisotopic (exact) mass is 278 g/mol. The van der Waals surface area contributed by atoms with E-state index in [1.165, 1.54) is 6.08 Å². The number of amides is 1. The first kappa shape index (κ1) is 13.1. The summed E-state index contributed by atoms with van der Waals surface area (Å²) in [6.07, 6.45) is 3.13. The Kier molecular flexibility index (Phi) is 3.47. The van der Waals surface area contributed by atoms with Gasteiger partial charge < -0.3 is 5.32 Å². The number of aromatic amines is 1. The topological polar surface area (TPSA) is 70.7 Å². The molecule has 0 bridgehead atoms. The molecule has 0 aliphatic carbocycles. The molecule has 1 aromatic carbocycles. The molecule has 104 valence electrons. The van der Waals surface area contributed by atoms with Crippen LogP contribution in [-0.4, -0.2) is 21.1 Å². The van der Waals surface area contributed by atoms with Gasteiger partial charge in [-0.1, -0.05) is 24.3 Å². The van der Waals surface area contributed by atoms with Crippen LogP contribution in [0.2, 0.25) is 0 Å². The van der Waals surface area contributed by atoms with Crippen LogP contribution in [0.1, 0.15) is 11.4 Å². The van der Waals surface area contributed by atoms with Gasteiger partial charge in [-0.05, 0) is 25.1 Å². The number of rotatable bonds is 3. The van der Waals surface area contributed by atoms with Crippen LogP contribution in [0.15, 0.2) is 48.5 Å². The van der Waals surface area contributed by atoms with Crippen molar-refractivity contribution in [3.63, 3.8) is 0 Å². The first-order chi connectivity index (χ1) is 10.2. The lowest BCUT2D eigenvalue weighted by molar-refractivity contribution is -0.111. The average molecular weight is 278 g/mol. The zero-order chi connectivity index (χ0) is 14.7. The lowest BCUT2D eigenvalue weighted by Gasteiger charge is -1.98. The number of aromatic nitrogens is 3. The van der Waals surface area contributed by atoms with E-state index in [1.807, 2.05) is 43.3 Å². The second-order valence-electron chi connectivity index (χ2n) is 4.69. The SMILES string of the molecule is Cc1cc(NC(=O)/C=C/c2ccc3ccccc3n2)n[nH]1. The Balaban J connectivity index is 1.73. The number of hydrogen-bond donors (Lipinski definition) is 2. The molecule has 2 N–H and O–H groups in total. The average Bonchev–Trinajstić information content (AvgIpc) is 2.90. The molecule has 5 heteroatoms. The maximum atomic E-state index is 11.8. The fourth-order valence-corrected chi connectivity index (χ4v) is 1.99. The second kappa shape index (κ2) is 5.58. The summed E-state index contributed by atoms with van der Waals surface area (Å²) in [7, 11) is 0. The summed E-state index contributed by atoms with van der Waals surface area (Å²) in [6.45, 7) is 1.87. The fourth-order valence-electron chi connectivity index (χ4n) is 1.99. The van der Waals surface area contributed by atoms with E-state index in [-0.39, 0.29) is 5.91 Å². The smallest absolute Gasteiger partial charge is 0.249 e. The number of anilines is 1. The van der Waals surface area contributed by atoms with Crippen LogP contribution < -0.4 is 5.32 Å². The van der Waals surface area contributed by atoms with Crippen molar-refractivity contribution >= 4 is 28.7 Å². The normalized spacial score (nSPS) is 11.1. The van der Waals surface area contributed by atoms with E-state index < -0.39 is 0 Å². The zero-order valence-corrected chi connectivity index (χ0v) is 11.5. The summed E-state index contributed by atoms with van der Waals surface area (Å²) >= 11 is 0. The van der Waals surface area contributed by atoms with E-state index in [0.29, 0.717) is 5.82 Å². The lowest BCUT2D eigenvalue weighted by atomic mass is 10.2. The van der Waals surface area contributed by atoms with Crippen molar-refractivity contribution in [2.45, 2.75) is 6.92 Å². The van der Waals surface area contributed by atoms with Crippen molar-refractivity contribution in [1.82, 2.24) is 15.2 Å². The van der Waals surface area contributed by atoms with Crippen LogP contribution in [0, 0.1) is 6.92 Å². The molecule has 21 heavy (non-hydrogen) atoms. The van der Waals surface area contributed by atoms with Crippen LogP contribution in [0.4, 0.5) is 5.82 Å². The highest BCUT2D eigenvalue weighted by Gasteiger charge is 2.01. The summed E-state index contributed by atoms with van der Waals surface area (Å²) in [5.74, 6) is 0.269. The van der Waals surface area contributed by atoms with Crippen LogP contribution in [0.3, 0.4) is 0 Å². The molecule has 5 nitrogen and oxygen atoms in total. The summed E-state index contributed by atoms with van der Waals surface area (Å²) in [6, 6.07) is 13.5. The Morgan fingerprint density at radius 1 is 1.24 bits per heavy atom. The van der Waals surface area contributed by atoms with Crippen molar-refractivity contribution in [3.8, 4) is 0 Å². The highest BCUT2D eigenvalue weighted by atomic mass is 16.1. The Morgan fingerprint density at radius 2 is 2.10 bits per heavy atom. The van der Waals surface area contributed by atoms with Gasteiger partial charge in [-0.2, -0.15) is 5.10 Å². The molecule has 0 fully saturated rings. The standard InChI is InChI=1S/C16H14N4O/c1-11-10-15(20-19-11)18-16(21)9-8-13-7-6-12-4-2-3-5-14(12)17-13/h2-10H,1H3,(H2,18,19,20,21)/b9-8+. The third-order valence-corrected chi connectivity index (χ3v) is 2.98. The highest BCUT2D eigenvalue weighted by Crippen LogP contribution is 2.12. The van der Waals surface area contributed by atoms with Crippen LogP contribution in [-0.2, 0) is 4.79 Å². The second-order valence-corrected chi connectivity index (χ2v) is 4.69. The summed E-state index contributed by atoms with van der Waals surface area (Å²) in [4.78, 5) is 16.2. The number of pyridine rings is 1. The minimum Gasteiger partial charge on any atom is -0.306 e. The van der Waals surface area contributed by atoms with Gasteiger partial charge in [-0.25, -0.2) is 4.98 Å². The van der Waals surface area contributed by atoms with Gasteiger partial charge in [0.05, 0.1) is 11.2 Å². The van der Waals surface area contributed by atoms with Gasteiger partial charge in [0.2, 0.25) is 5.91 Å². The molecule has 2 heterocycles. The van der Waals surface area contributed by atoms with Crippen LogP contribution >= 0.6 is 0 Å². The molecule has 3 rings (SSSR count). The van der Waals surface area contributed by atoms with E-state index in [2.05, 4.69) is 20.5 Å². The largest absolute Gasteiger partial charge is 0.306 e. The molecule has 0 aliphatic rings. The van der Waals surface area contributed by atoms with Crippen molar-refractivity contribution < 1.29 is 4.79 Å². The van der Waals surface area contributed by atoms with Crippen molar-refractivity contribution in [2.24, 2.45) is 0 Å². The zero-order valence-electron chi connectivity index (χ0n) is 11.5. The number of carbonyl (C=O) groups is 1. The van der Waals surface area contributed by atoms with Gasteiger partial charge in [0.25, 0.3) is 0 Å². The molecular formula is C16H14N4O. The molecule has 0 radical (unpaired) electrons. The minimum atomic E-state index is -0.239. The predicted molar refractivity (Wildman–Crippen MR) is 82.7 cm³/mol. The Labute approximate surface area is 121 Å².